The van der Waals surface area contributed by atoms with Gasteiger partial charge in [-0.2, -0.15) is 4.99 Å². The number of urea groups is 1. The Bertz CT molecular complexity index is 354. The number of halogens is 6. The molecule has 0 aromatic heterocycles. The van der Waals surface area contributed by atoms with Gasteiger partial charge in [0.2, 0.25) is 3.79 Å². The number of carbonyl (C=O) groups is 2. The molecular weight excluding hydrogens is 333 g/mol. The van der Waals surface area contributed by atoms with Gasteiger partial charge in [0.1, 0.15) is 0 Å². The molecule has 0 aliphatic carbocycles. The highest BCUT2D eigenvalue weighted by Gasteiger charge is 2.51. The van der Waals surface area contributed by atoms with Crippen LogP contribution in [-0.4, -0.2) is 30.3 Å². The van der Waals surface area contributed by atoms with Crippen molar-refractivity contribution in [2.75, 3.05) is 0 Å². The Morgan fingerprint density at radius 1 is 1.13 bits per heavy atom. The van der Waals surface area contributed by atoms with Crippen LogP contribution in [0.2, 0.25) is 0 Å². The smallest absolute Gasteiger partial charge is 0.269 e. The Kier molecular flexibility index (Phi) is 3.71. The lowest BCUT2D eigenvalue weighted by atomic mass is 10.4. The maximum atomic E-state index is 11.4. The summed E-state index contributed by atoms with van der Waals surface area (Å²) in [6.07, 6.45) is 0. The van der Waals surface area contributed by atoms with Crippen molar-refractivity contribution < 1.29 is 9.59 Å². The molecule has 15 heavy (non-hydrogen) atoms. The summed E-state index contributed by atoms with van der Waals surface area (Å²) in [6.45, 7) is 0. The van der Waals surface area contributed by atoms with E-state index in [-0.39, 0.29) is 0 Å². The van der Waals surface area contributed by atoms with Crippen LogP contribution in [0.3, 0.4) is 0 Å². The third kappa shape index (κ3) is 2.81. The van der Waals surface area contributed by atoms with Crippen molar-refractivity contribution in [1.29, 1.82) is 0 Å². The van der Waals surface area contributed by atoms with Gasteiger partial charge in [0, 0.05) is 0 Å². The molecular formula is C5Cl6N2O2. The molecule has 0 fully saturated rings. The van der Waals surface area contributed by atoms with E-state index in [0.29, 0.717) is 4.90 Å². The molecule has 0 aromatic carbocycles. The van der Waals surface area contributed by atoms with E-state index < -0.39 is 25.4 Å². The summed E-state index contributed by atoms with van der Waals surface area (Å²) in [5, 5.41) is 0. The highest BCUT2D eigenvalue weighted by atomic mass is 35.6. The summed E-state index contributed by atoms with van der Waals surface area (Å²) in [5.74, 6) is -1.54. The van der Waals surface area contributed by atoms with Crippen molar-refractivity contribution in [3.05, 3.63) is 0 Å². The maximum absolute atomic E-state index is 11.4. The molecule has 0 radical (unpaired) electrons. The minimum Gasteiger partial charge on any atom is -0.269 e. The fourth-order valence-electron chi connectivity index (χ4n) is 0.736. The fraction of sp³-hybridized carbons (Fsp3) is 0.400. The second-order valence-corrected chi connectivity index (χ2v) is 6.92. The highest BCUT2D eigenvalue weighted by Crippen LogP contribution is 2.37. The Morgan fingerprint density at radius 2 is 1.60 bits per heavy atom. The van der Waals surface area contributed by atoms with Crippen molar-refractivity contribution in [1.82, 2.24) is 4.90 Å². The first kappa shape index (κ1) is 13.6. The standard InChI is InChI=1S/C5Cl6N2O2/c6-4(7,8)1-12-3(15)13(1)2(14)5(9,10)11. The first-order valence-electron chi connectivity index (χ1n) is 3.16. The van der Waals surface area contributed by atoms with Gasteiger partial charge in [-0.3, -0.25) is 4.79 Å². The zero-order valence-corrected chi connectivity index (χ0v) is 11.0. The first-order chi connectivity index (χ1) is 6.55. The molecule has 4 nitrogen and oxygen atoms in total. The predicted octanol–water partition coefficient (Wildman–Crippen LogP) is 3.09. The Labute approximate surface area is 114 Å². The van der Waals surface area contributed by atoms with Gasteiger partial charge in [0.15, 0.2) is 5.84 Å². The number of amidine groups is 1. The summed E-state index contributed by atoms with van der Waals surface area (Å²) in [5.41, 5.74) is 0. The average Bonchev–Trinajstić information content (AvgIpc) is 1.96. The summed E-state index contributed by atoms with van der Waals surface area (Å²) < 4.78 is -4.34. The van der Waals surface area contributed by atoms with Gasteiger partial charge in [-0.1, -0.05) is 69.6 Å². The highest BCUT2D eigenvalue weighted by molar-refractivity contribution is 6.80. The van der Waals surface area contributed by atoms with Gasteiger partial charge >= 0.3 is 6.03 Å². The van der Waals surface area contributed by atoms with Crippen molar-refractivity contribution >= 4 is 87.4 Å². The van der Waals surface area contributed by atoms with Crippen LogP contribution >= 0.6 is 69.6 Å². The third-order valence-electron chi connectivity index (χ3n) is 1.30. The number of amides is 3. The molecule has 1 heterocycles. The van der Waals surface area contributed by atoms with Crippen LogP contribution in [0.25, 0.3) is 0 Å². The van der Waals surface area contributed by atoms with Crippen LogP contribution in [0.4, 0.5) is 4.79 Å². The molecule has 0 atom stereocenters. The van der Waals surface area contributed by atoms with E-state index in [2.05, 4.69) is 4.99 Å². The van der Waals surface area contributed by atoms with Crippen molar-refractivity contribution in [2.24, 2.45) is 4.99 Å². The van der Waals surface area contributed by atoms with Crippen LogP contribution in [0.15, 0.2) is 4.99 Å². The molecule has 10 heteroatoms. The van der Waals surface area contributed by atoms with Crippen LogP contribution in [0.1, 0.15) is 0 Å². The molecule has 0 bridgehead atoms. The molecule has 0 N–H and O–H groups in total. The van der Waals surface area contributed by atoms with Crippen LogP contribution in [-0.2, 0) is 4.79 Å². The number of rotatable bonds is 0. The SMILES string of the molecule is O=C1N=C(C(Cl)(Cl)Cl)N1C(=O)C(Cl)(Cl)Cl. The van der Waals surface area contributed by atoms with Gasteiger partial charge < -0.3 is 0 Å². The number of alkyl halides is 6. The lowest BCUT2D eigenvalue weighted by Crippen LogP contribution is -2.56. The zero-order chi connectivity index (χ0) is 12.0. The van der Waals surface area contributed by atoms with Crippen molar-refractivity contribution in [3.8, 4) is 0 Å². The number of hydrogen-bond acceptors (Lipinski definition) is 2. The molecule has 0 saturated heterocycles. The number of nitrogens with zero attached hydrogens (tertiary/aromatic N) is 2. The monoisotopic (exact) mass is 330 g/mol. The first-order valence-corrected chi connectivity index (χ1v) is 5.43. The summed E-state index contributed by atoms with van der Waals surface area (Å²) in [4.78, 5) is 25.9. The van der Waals surface area contributed by atoms with E-state index in [1.54, 1.807) is 0 Å². The summed E-state index contributed by atoms with van der Waals surface area (Å²) >= 11 is 32.1. The minimum absolute atomic E-state index is 0.395. The lowest BCUT2D eigenvalue weighted by Gasteiger charge is -2.32. The molecule has 0 spiro atoms. The largest absolute Gasteiger partial charge is 0.357 e. The van der Waals surface area contributed by atoms with Gasteiger partial charge in [-0.15, -0.1) is 0 Å². The Morgan fingerprint density at radius 3 is 1.87 bits per heavy atom. The summed E-state index contributed by atoms with van der Waals surface area (Å²) in [7, 11) is 0. The normalized spacial score (nSPS) is 17.3. The van der Waals surface area contributed by atoms with E-state index in [0.717, 1.165) is 0 Å². The van der Waals surface area contributed by atoms with Gasteiger partial charge in [-0.25, -0.2) is 9.69 Å². The Balaban J connectivity index is 2.97. The quantitative estimate of drug-likeness (QED) is 0.640. The molecule has 1 rings (SSSR count). The fourth-order valence-corrected chi connectivity index (χ4v) is 1.37. The average molecular weight is 333 g/mol. The molecule has 1 aliphatic rings. The second-order valence-electron chi connectivity index (χ2n) is 2.35. The van der Waals surface area contributed by atoms with E-state index in [1.807, 2.05) is 0 Å². The van der Waals surface area contributed by atoms with Gasteiger partial charge in [-0.05, 0) is 0 Å². The third-order valence-corrected chi connectivity index (χ3v) is 2.30. The van der Waals surface area contributed by atoms with Gasteiger partial charge in [0.25, 0.3) is 9.70 Å². The molecule has 84 valence electrons. The van der Waals surface area contributed by atoms with Crippen LogP contribution in [0, 0.1) is 0 Å². The molecule has 1 aliphatic heterocycles. The van der Waals surface area contributed by atoms with E-state index in [9.17, 15) is 9.59 Å². The van der Waals surface area contributed by atoms with Crippen LogP contribution in [0.5, 0.6) is 0 Å². The number of carbonyl (C=O) groups excluding carboxylic acids is 2. The van der Waals surface area contributed by atoms with E-state index >= 15 is 0 Å². The zero-order valence-electron chi connectivity index (χ0n) is 6.48. The second kappa shape index (κ2) is 4.09. The number of hydrogen-bond donors (Lipinski definition) is 0. The van der Waals surface area contributed by atoms with Crippen LogP contribution < -0.4 is 0 Å². The lowest BCUT2D eigenvalue weighted by molar-refractivity contribution is -0.124. The van der Waals surface area contributed by atoms with Crippen molar-refractivity contribution in [2.45, 2.75) is 7.59 Å². The summed E-state index contributed by atoms with van der Waals surface area (Å²) in [6, 6.07) is -0.951. The number of imide groups is 1. The Hall–Kier alpha value is 0.550. The minimum atomic E-state index is -2.31. The molecule has 0 aromatic rings. The van der Waals surface area contributed by atoms with Crippen molar-refractivity contribution in [3.63, 3.8) is 0 Å². The van der Waals surface area contributed by atoms with Gasteiger partial charge in [0.05, 0.1) is 0 Å². The van der Waals surface area contributed by atoms with E-state index in [1.165, 1.54) is 0 Å². The molecule has 0 saturated carbocycles. The topological polar surface area (TPSA) is 49.7 Å². The van der Waals surface area contributed by atoms with E-state index in [4.69, 9.17) is 69.6 Å². The molecule has 0 unspecified atom stereocenters. The maximum Gasteiger partial charge on any atom is 0.357 e. The predicted molar refractivity (Wildman–Crippen MR) is 60.3 cm³/mol. The number of aliphatic imine (C=N–C) groups is 1. The molecule has 3 amide bonds.